The van der Waals surface area contributed by atoms with E-state index in [0.29, 0.717) is 0 Å². The number of nitrogens with zero attached hydrogens (tertiary/aromatic N) is 2. The number of fused-ring (bicyclic) bond motifs is 1. The van der Waals surface area contributed by atoms with E-state index in [-0.39, 0.29) is 0 Å². The van der Waals surface area contributed by atoms with Crippen LogP contribution in [0.3, 0.4) is 0 Å². The van der Waals surface area contributed by atoms with Gasteiger partial charge in [-0.1, -0.05) is 28.9 Å². The zero-order valence-electron chi connectivity index (χ0n) is 12.4. The number of carbonyl (C=O) groups excluding carboxylic acids is 1. The number of benzene rings is 1. The van der Waals surface area contributed by atoms with Crippen LogP contribution in [0.15, 0.2) is 28.9 Å². The lowest BCUT2D eigenvalue weighted by atomic mass is 9.99. The second-order valence-electron chi connectivity index (χ2n) is 6.05. The summed E-state index contributed by atoms with van der Waals surface area (Å²) in [7, 11) is 0. The molecule has 1 aromatic carbocycles. The number of rotatable bonds is 4. The molecular formula is C17H21BrN2O. The Morgan fingerprint density at radius 1 is 1.29 bits per heavy atom. The van der Waals surface area contributed by atoms with Crippen molar-refractivity contribution in [3.05, 3.63) is 34.4 Å². The van der Waals surface area contributed by atoms with Gasteiger partial charge in [0.1, 0.15) is 0 Å². The Labute approximate surface area is 134 Å². The number of aromatic nitrogens is 1. The summed E-state index contributed by atoms with van der Waals surface area (Å²) in [6, 6.07) is 6.11. The van der Waals surface area contributed by atoms with Gasteiger partial charge in [-0.25, -0.2) is 0 Å². The minimum atomic E-state index is 0.768. The van der Waals surface area contributed by atoms with Gasteiger partial charge in [-0.05, 0) is 44.0 Å². The first kappa shape index (κ1) is 14.8. The van der Waals surface area contributed by atoms with Crippen molar-refractivity contribution in [1.29, 1.82) is 0 Å². The Morgan fingerprint density at radius 2 is 2.05 bits per heavy atom. The van der Waals surface area contributed by atoms with Crippen molar-refractivity contribution in [2.75, 3.05) is 19.6 Å². The molecule has 2 heterocycles. The van der Waals surface area contributed by atoms with Gasteiger partial charge in [0.2, 0.25) is 0 Å². The lowest BCUT2D eigenvalue weighted by Gasteiger charge is -2.30. The molecule has 1 aliphatic heterocycles. The van der Waals surface area contributed by atoms with E-state index in [1.165, 1.54) is 25.9 Å². The smallest absolute Gasteiger partial charge is 0.152 e. The predicted molar refractivity (Wildman–Crippen MR) is 89.9 cm³/mol. The largest absolute Gasteiger partial charge is 0.345 e. The minimum absolute atomic E-state index is 0.768. The van der Waals surface area contributed by atoms with Crippen molar-refractivity contribution in [2.24, 2.45) is 5.92 Å². The van der Waals surface area contributed by atoms with Crippen LogP contribution in [-0.2, 0) is 6.54 Å². The molecular weight excluding hydrogens is 328 g/mol. The third-order valence-electron chi connectivity index (χ3n) is 4.54. The summed E-state index contributed by atoms with van der Waals surface area (Å²) in [4.78, 5) is 13.8. The fourth-order valence-corrected chi connectivity index (χ4v) is 3.73. The van der Waals surface area contributed by atoms with Crippen LogP contribution in [0.4, 0.5) is 0 Å². The molecule has 112 valence electrons. The molecule has 0 bridgehead atoms. The van der Waals surface area contributed by atoms with Crippen molar-refractivity contribution in [1.82, 2.24) is 9.47 Å². The molecule has 1 fully saturated rings. The lowest BCUT2D eigenvalue weighted by molar-refractivity contribution is 0.112. The number of hydrogen-bond acceptors (Lipinski definition) is 2. The van der Waals surface area contributed by atoms with E-state index < -0.39 is 0 Å². The summed E-state index contributed by atoms with van der Waals surface area (Å²) < 4.78 is 3.20. The highest BCUT2D eigenvalue weighted by atomic mass is 79.9. The standard InChI is InChI=1S/C17H21BrN2O/c1-13-5-7-19(8-6-13)9-10-20-11-14(12-21)17-15(18)3-2-4-16(17)20/h2-4,11-13H,5-10H2,1H3. The Bertz CT molecular complexity index is 642. The van der Waals surface area contributed by atoms with Crippen LogP contribution >= 0.6 is 15.9 Å². The molecule has 3 rings (SSSR count). The van der Waals surface area contributed by atoms with Crippen LogP contribution in [-0.4, -0.2) is 35.4 Å². The van der Waals surface area contributed by atoms with Crippen molar-refractivity contribution in [3.8, 4) is 0 Å². The van der Waals surface area contributed by atoms with Crippen molar-refractivity contribution in [2.45, 2.75) is 26.3 Å². The van der Waals surface area contributed by atoms with E-state index in [4.69, 9.17) is 0 Å². The summed E-state index contributed by atoms with van der Waals surface area (Å²) >= 11 is 3.55. The van der Waals surface area contributed by atoms with Gasteiger partial charge in [0, 0.05) is 40.2 Å². The van der Waals surface area contributed by atoms with E-state index in [2.05, 4.69) is 38.4 Å². The maximum absolute atomic E-state index is 11.3. The van der Waals surface area contributed by atoms with Crippen molar-refractivity contribution >= 4 is 33.1 Å². The summed E-state index contributed by atoms with van der Waals surface area (Å²) in [5, 5.41) is 1.03. The third-order valence-corrected chi connectivity index (χ3v) is 5.21. The molecule has 0 aliphatic carbocycles. The van der Waals surface area contributed by atoms with Gasteiger partial charge in [0.05, 0.1) is 0 Å². The SMILES string of the molecule is CC1CCN(CCn2cc(C=O)c3c(Br)cccc32)CC1. The van der Waals surface area contributed by atoms with Gasteiger partial charge in [0.15, 0.2) is 6.29 Å². The van der Waals surface area contributed by atoms with E-state index in [0.717, 1.165) is 46.2 Å². The van der Waals surface area contributed by atoms with Crippen LogP contribution in [0.25, 0.3) is 10.9 Å². The van der Waals surface area contributed by atoms with Gasteiger partial charge in [-0.3, -0.25) is 4.79 Å². The number of aldehydes is 1. The predicted octanol–water partition coefficient (Wildman–Crippen LogP) is 3.95. The maximum atomic E-state index is 11.3. The van der Waals surface area contributed by atoms with Gasteiger partial charge in [-0.2, -0.15) is 0 Å². The monoisotopic (exact) mass is 348 g/mol. The molecule has 2 aromatic rings. The van der Waals surface area contributed by atoms with Crippen LogP contribution < -0.4 is 0 Å². The Hall–Kier alpha value is -1.13. The van der Waals surface area contributed by atoms with Gasteiger partial charge >= 0.3 is 0 Å². The number of piperidine rings is 1. The summed E-state index contributed by atoms with van der Waals surface area (Å²) in [5.74, 6) is 0.867. The van der Waals surface area contributed by atoms with E-state index in [1.807, 2.05) is 18.3 Å². The van der Waals surface area contributed by atoms with E-state index >= 15 is 0 Å². The molecule has 1 aromatic heterocycles. The first-order chi connectivity index (χ1) is 10.2. The fraction of sp³-hybridized carbons (Fsp3) is 0.471. The number of likely N-dealkylation sites (tertiary alicyclic amines) is 1. The molecule has 0 spiro atoms. The average Bonchev–Trinajstić information content (AvgIpc) is 2.86. The number of halogens is 1. The molecule has 3 nitrogen and oxygen atoms in total. The Balaban J connectivity index is 1.78. The van der Waals surface area contributed by atoms with E-state index in [1.54, 1.807) is 0 Å². The first-order valence-electron chi connectivity index (χ1n) is 7.64. The second kappa shape index (κ2) is 6.32. The molecule has 1 aliphatic rings. The number of hydrogen-bond donors (Lipinski definition) is 0. The normalized spacial score (nSPS) is 17.4. The van der Waals surface area contributed by atoms with Crippen LogP contribution in [0.1, 0.15) is 30.1 Å². The molecule has 0 unspecified atom stereocenters. The first-order valence-corrected chi connectivity index (χ1v) is 8.43. The number of carbonyl (C=O) groups is 1. The third kappa shape index (κ3) is 3.06. The minimum Gasteiger partial charge on any atom is -0.345 e. The zero-order valence-corrected chi connectivity index (χ0v) is 14.0. The summed E-state index contributed by atoms with van der Waals surface area (Å²) in [6.45, 7) is 6.73. The molecule has 0 amide bonds. The van der Waals surface area contributed by atoms with Crippen LogP contribution in [0.2, 0.25) is 0 Å². The maximum Gasteiger partial charge on any atom is 0.152 e. The van der Waals surface area contributed by atoms with Gasteiger partial charge in [0.25, 0.3) is 0 Å². The van der Waals surface area contributed by atoms with Gasteiger partial charge < -0.3 is 9.47 Å². The highest BCUT2D eigenvalue weighted by molar-refractivity contribution is 9.10. The molecule has 4 heteroatoms. The van der Waals surface area contributed by atoms with Crippen LogP contribution in [0.5, 0.6) is 0 Å². The molecule has 0 atom stereocenters. The van der Waals surface area contributed by atoms with E-state index in [9.17, 15) is 4.79 Å². The topological polar surface area (TPSA) is 25.2 Å². The molecule has 0 radical (unpaired) electrons. The van der Waals surface area contributed by atoms with Crippen LogP contribution in [0, 0.1) is 5.92 Å². The van der Waals surface area contributed by atoms with Gasteiger partial charge in [-0.15, -0.1) is 0 Å². The highest BCUT2D eigenvalue weighted by Gasteiger charge is 2.16. The molecule has 1 saturated heterocycles. The van der Waals surface area contributed by atoms with Crippen molar-refractivity contribution in [3.63, 3.8) is 0 Å². The Morgan fingerprint density at radius 3 is 2.76 bits per heavy atom. The quantitative estimate of drug-likeness (QED) is 0.781. The average molecular weight is 349 g/mol. The molecule has 0 saturated carbocycles. The highest BCUT2D eigenvalue weighted by Crippen LogP contribution is 2.28. The Kier molecular flexibility index (Phi) is 4.45. The lowest BCUT2D eigenvalue weighted by Crippen LogP contribution is -2.35. The fourth-order valence-electron chi connectivity index (χ4n) is 3.15. The summed E-state index contributed by atoms with van der Waals surface area (Å²) in [5.41, 5.74) is 1.90. The second-order valence-corrected chi connectivity index (χ2v) is 6.91. The van der Waals surface area contributed by atoms with Crippen molar-refractivity contribution < 1.29 is 4.79 Å². The molecule has 0 N–H and O–H groups in total. The zero-order chi connectivity index (χ0) is 14.8. The summed E-state index contributed by atoms with van der Waals surface area (Å²) in [6.07, 6.45) is 5.54. The molecule has 21 heavy (non-hydrogen) atoms.